The Labute approximate surface area is 242 Å². The molecule has 1 N–H and O–H groups in total. The topological polar surface area (TPSA) is 86.8 Å². The van der Waals surface area contributed by atoms with Gasteiger partial charge in [0.05, 0.1) is 10.6 Å². The number of benzene rings is 4. The maximum atomic E-state index is 14.3. The number of hydrogen-bond donors (Lipinski definition) is 1. The molecule has 7 nitrogen and oxygen atoms in total. The van der Waals surface area contributed by atoms with E-state index in [-0.39, 0.29) is 23.8 Å². The van der Waals surface area contributed by atoms with Gasteiger partial charge in [-0.3, -0.25) is 13.9 Å². The van der Waals surface area contributed by atoms with E-state index in [0.717, 1.165) is 26.6 Å². The first-order chi connectivity index (χ1) is 19.7. The maximum Gasteiger partial charge on any atom is 0.264 e. The Balaban J connectivity index is 1.78. The average molecular weight is 570 g/mol. The van der Waals surface area contributed by atoms with Gasteiger partial charge in [-0.1, -0.05) is 84.9 Å². The van der Waals surface area contributed by atoms with E-state index in [1.807, 2.05) is 80.6 Å². The van der Waals surface area contributed by atoms with Crippen molar-refractivity contribution in [3.05, 3.63) is 131 Å². The second-order valence-electron chi connectivity index (χ2n) is 9.92. The average Bonchev–Trinajstić information content (AvgIpc) is 3.00. The Morgan fingerprint density at radius 2 is 1.32 bits per heavy atom. The second-order valence-corrected chi connectivity index (χ2v) is 11.8. The van der Waals surface area contributed by atoms with E-state index in [9.17, 15) is 18.0 Å². The van der Waals surface area contributed by atoms with Crippen molar-refractivity contribution in [3.63, 3.8) is 0 Å². The molecule has 0 aliphatic carbocycles. The third-order valence-electron chi connectivity index (χ3n) is 7.10. The number of sulfonamides is 1. The minimum Gasteiger partial charge on any atom is -0.357 e. The third kappa shape index (κ3) is 7.21. The normalized spacial score (nSPS) is 11.9. The van der Waals surface area contributed by atoms with Gasteiger partial charge in [0.25, 0.3) is 10.0 Å². The van der Waals surface area contributed by atoms with Crippen LogP contribution in [0.3, 0.4) is 0 Å². The largest absolute Gasteiger partial charge is 0.357 e. The van der Waals surface area contributed by atoms with Gasteiger partial charge in [-0.05, 0) is 60.4 Å². The monoisotopic (exact) mass is 569 g/mol. The number of carbonyl (C=O) groups excluding carboxylic acids is 2. The fourth-order valence-electron chi connectivity index (χ4n) is 4.63. The number of amides is 2. The lowest BCUT2D eigenvalue weighted by atomic mass is 10.0. The molecule has 0 fully saturated rings. The molecule has 0 saturated heterocycles. The van der Waals surface area contributed by atoms with Crippen molar-refractivity contribution in [1.29, 1.82) is 0 Å². The van der Waals surface area contributed by atoms with E-state index >= 15 is 0 Å². The van der Waals surface area contributed by atoms with Gasteiger partial charge in [-0.15, -0.1) is 0 Å². The van der Waals surface area contributed by atoms with Crippen molar-refractivity contribution in [2.75, 3.05) is 17.9 Å². The highest BCUT2D eigenvalue weighted by Crippen LogP contribution is 2.27. The molecule has 1 atom stereocenters. The number of nitrogens with zero attached hydrogens (tertiary/aromatic N) is 2. The van der Waals surface area contributed by atoms with Crippen LogP contribution in [0.2, 0.25) is 0 Å². The highest BCUT2D eigenvalue weighted by atomic mass is 32.2. The molecule has 0 radical (unpaired) electrons. The molecule has 41 heavy (non-hydrogen) atoms. The lowest BCUT2D eigenvalue weighted by Gasteiger charge is -2.33. The van der Waals surface area contributed by atoms with Gasteiger partial charge in [-0.25, -0.2) is 8.42 Å². The van der Waals surface area contributed by atoms with Crippen LogP contribution in [-0.2, 0) is 32.6 Å². The summed E-state index contributed by atoms with van der Waals surface area (Å²) in [6, 6.07) is 31.4. The molecule has 8 heteroatoms. The van der Waals surface area contributed by atoms with Crippen molar-refractivity contribution >= 4 is 27.5 Å². The van der Waals surface area contributed by atoms with Crippen LogP contribution in [0.5, 0.6) is 0 Å². The van der Waals surface area contributed by atoms with Crippen molar-refractivity contribution in [3.8, 4) is 0 Å². The fourth-order valence-corrected chi connectivity index (χ4v) is 6.06. The summed E-state index contributed by atoms with van der Waals surface area (Å²) in [5.41, 5.74) is 3.99. The number of anilines is 1. The smallest absolute Gasteiger partial charge is 0.264 e. The van der Waals surface area contributed by atoms with Crippen LogP contribution in [0.15, 0.2) is 114 Å². The Morgan fingerprint density at radius 3 is 1.88 bits per heavy atom. The summed E-state index contributed by atoms with van der Waals surface area (Å²) >= 11 is 0. The van der Waals surface area contributed by atoms with E-state index in [1.165, 1.54) is 24.1 Å². The van der Waals surface area contributed by atoms with E-state index in [4.69, 9.17) is 0 Å². The molecule has 0 heterocycles. The Hall–Kier alpha value is -4.43. The van der Waals surface area contributed by atoms with Gasteiger partial charge in [0.1, 0.15) is 12.6 Å². The zero-order valence-corrected chi connectivity index (χ0v) is 24.3. The maximum absolute atomic E-state index is 14.3. The summed E-state index contributed by atoms with van der Waals surface area (Å²) in [4.78, 5) is 29.1. The van der Waals surface area contributed by atoms with Crippen molar-refractivity contribution < 1.29 is 18.0 Å². The number of hydrogen-bond acceptors (Lipinski definition) is 4. The van der Waals surface area contributed by atoms with Gasteiger partial charge in [0.15, 0.2) is 0 Å². The lowest BCUT2D eigenvalue weighted by molar-refractivity contribution is -0.139. The summed E-state index contributed by atoms with van der Waals surface area (Å²) < 4.78 is 29.1. The van der Waals surface area contributed by atoms with Crippen molar-refractivity contribution in [2.45, 2.75) is 37.8 Å². The molecule has 0 saturated carbocycles. The fraction of sp³-hybridized carbons (Fsp3) is 0.212. The van der Waals surface area contributed by atoms with Crippen molar-refractivity contribution in [2.24, 2.45) is 0 Å². The number of rotatable bonds is 11. The van der Waals surface area contributed by atoms with Gasteiger partial charge in [0.2, 0.25) is 11.8 Å². The number of nitrogens with one attached hydrogen (secondary N) is 1. The van der Waals surface area contributed by atoms with E-state index in [0.29, 0.717) is 5.69 Å². The number of likely N-dealkylation sites (N-methyl/N-ethyl adjacent to an activating group) is 1. The summed E-state index contributed by atoms with van der Waals surface area (Å²) in [6.07, 6.45) is 0.272. The molecule has 212 valence electrons. The van der Waals surface area contributed by atoms with Crippen LogP contribution in [0.1, 0.15) is 22.3 Å². The molecular formula is C33H35N3O4S. The Bertz CT molecular complexity index is 1580. The first kappa shape index (κ1) is 29.6. The predicted molar refractivity (Wildman–Crippen MR) is 162 cm³/mol. The van der Waals surface area contributed by atoms with E-state index in [2.05, 4.69) is 5.32 Å². The quantitative estimate of drug-likeness (QED) is 0.279. The van der Waals surface area contributed by atoms with E-state index in [1.54, 1.807) is 30.3 Å². The first-order valence-electron chi connectivity index (χ1n) is 13.4. The molecule has 0 aromatic heterocycles. The molecule has 2 amide bonds. The first-order valence-corrected chi connectivity index (χ1v) is 14.9. The molecule has 0 aliphatic heterocycles. The lowest BCUT2D eigenvalue weighted by Crippen LogP contribution is -2.53. The zero-order valence-electron chi connectivity index (χ0n) is 23.5. The van der Waals surface area contributed by atoms with Crippen LogP contribution < -0.4 is 9.62 Å². The SMILES string of the molecule is CNC(=O)[C@@H](Cc1ccccc1)N(Cc1ccccc1)C(=O)CN(c1ccc(C)c(C)c1)S(=O)(=O)c1ccccc1. The standard InChI is InChI=1S/C33H35N3O4S/c1-25-19-20-29(21-26(25)2)36(41(39,40)30-17-11-6-12-18-30)24-32(37)35(23-28-15-9-5-10-16-28)31(33(38)34-3)22-27-13-7-4-8-14-27/h4-21,31H,22-24H2,1-3H3,(H,34,38)/t31-/m1/s1. The van der Waals surface area contributed by atoms with Crippen LogP contribution in [0.25, 0.3) is 0 Å². The highest BCUT2D eigenvalue weighted by Gasteiger charge is 2.34. The summed E-state index contributed by atoms with van der Waals surface area (Å²) in [6.45, 7) is 3.50. The number of aryl methyl sites for hydroxylation is 2. The van der Waals surface area contributed by atoms with Crippen LogP contribution in [0.4, 0.5) is 5.69 Å². The molecule has 0 spiro atoms. The highest BCUT2D eigenvalue weighted by molar-refractivity contribution is 7.92. The predicted octanol–water partition coefficient (Wildman–Crippen LogP) is 4.88. The number of carbonyl (C=O) groups is 2. The molecule has 0 bridgehead atoms. The van der Waals surface area contributed by atoms with Gasteiger partial charge in [0, 0.05) is 20.0 Å². The molecule has 0 aliphatic rings. The van der Waals surface area contributed by atoms with Gasteiger partial charge in [-0.2, -0.15) is 0 Å². The van der Waals surface area contributed by atoms with Crippen molar-refractivity contribution in [1.82, 2.24) is 10.2 Å². The molecule has 4 aromatic carbocycles. The van der Waals surface area contributed by atoms with Crippen LogP contribution >= 0.6 is 0 Å². The van der Waals surface area contributed by atoms with Crippen LogP contribution in [0, 0.1) is 13.8 Å². The molecule has 4 rings (SSSR count). The van der Waals surface area contributed by atoms with Gasteiger partial charge >= 0.3 is 0 Å². The minimum absolute atomic E-state index is 0.0766. The molecular weight excluding hydrogens is 534 g/mol. The zero-order chi connectivity index (χ0) is 29.4. The summed E-state index contributed by atoms with van der Waals surface area (Å²) in [7, 11) is -2.58. The third-order valence-corrected chi connectivity index (χ3v) is 8.89. The van der Waals surface area contributed by atoms with E-state index < -0.39 is 28.5 Å². The summed E-state index contributed by atoms with van der Waals surface area (Å²) in [5.74, 6) is -0.821. The second kappa shape index (κ2) is 13.3. The Kier molecular flexibility index (Phi) is 9.57. The summed E-state index contributed by atoms with van der Waals surface area (Å²) in [5, 5.41) is 2.70. The van der Waals surface area contributed by atoms with Crippen LogP contribution in [-0.4, -0.2) is 44.8 Å². The molecule has 4 aromatic rings. The minimum atomic E-state index is -4.11. The van der Waals surface area contributed by atoms with Gasteiger partial charge < -0.3 is 10.2 Å². The Morgan fingerprint density at radius 1 is 0.756 bits per heavy atom. The molecule has 0 unspecified atom stereocenters.